The van der Waals surface area contributed by atoms with Crippen molar-refractivity contribution in [2.45, 2.75) is 33.6 Å². The van der Waals surface area contributed by atoms with E-state index in [0.717, 1.165) is 5.92 Å². The average molecular weight is 148 g/mol. The van der Waals surface area contributed by atoms with Gasteiger partial charge in [0, 0.05) is 0 Å². The molecule has 1 atom stereocenters. The van der Waals surface area contributed by atoms with E-state index in [4.69, 9.17) is 0 Å². The molecule has 0 nitrogen and oxygen atoms in total. The molecule has 0 radical (unpaired) electrons. The SMILES string of the molecule is C[C@H]1C2=C(CC=C2)CC1(C)C. The zero-order valence-corrected chi connectivity index (χ0v) is 7.65. The average Bonchev–Trinajstić information content (AvgIpc) is 2.39. The van der Waals surface area contributed by atoms with E-state index in [-0.39, 0.29) is 0 Å². The molecule has 2 aliphatic rings. The van der Waals surface area contributed by atoms with Gasteiger partial charge in [-0.15, -0.1) is 0 Å². The van der Waals surface area contributed by atoms with Gasteiger partial charge < -0.3 is 0 Å². The molecule has 0 saturated heterocycles. The Morgan fingerprint density at radius 1 is 1.45 bits per heavy atom. The van der Waals surface area contributed by atoms with Gasteiger partial charge in [0.25, 0.3) is 0 Å². The predicted molar refractivity (Wildman–Crippen MR) is 48.3 cm³/mol. The van der Waals surface area contributed by atoms with E-state index in [1.807, 2.05) is 0 Å². The zero-order chi connectivity index (χ0) is 8.06. The molecule has 0 aromatic rings. The van der Waals surface area contributed by atoms with Gasteiger partial charge in [0.1, 0.15) is 0 Å². The molecule has 0 aliphatic heterocycles. The van der Waals surface area contributed by atoms with Crippen LogP contribution < -0.4 is 0 Å². The fourth-order valence-electron chi connectivity index (χ4n) is 2.31. The first-order valence-corrected chi connectivity index (χ1v) is 4.50. The summed E-state index contributed by atoms with van der Waals surface area (Å²) >= 11 is 0. The first kappa shape index (κ1) is 7.15. The first-order chi connectivity index (χ1) is 5.11. The molecular formula is C11H16. The van der Waals surface area contributed by atoms with Crippen LogP contribution in [-0.4, -0.2) is 0 Å². The van der Waals surface area contributed by atoms with Gasteiger partial charge in [0.05, 0.1) is 0 Å². The molecule has 2 rings (SSSR count). The summed E-state index contributed by atoms with van der Waals surface area (Å²) in [6, 6.07) is 0. The van der Waals surface area contributed by atoms with Crippen molar-refractivity contribution < 1.29 is 0 Å². The van der Waals surface area contributed by atoms with Crippen molar-refractivity contribution in [3.63, 3.8) is 0 Å². The monoisotopic (exact) mass is 148 g/mol. The van der Waals surface area contributed by atoms with Crippen LogP contribution in [0.2, 0.25) is 0 Å². The number of hydrogen-bond donors (Lipinski definition) is 0. The summed E-state index contributed by atoms with van der Waals surface area (Å²) in [6.45, 7) is 7.12. The Morgan fingerprint density at radius 3 is 2.82 bits per heavy atom. The van der Waals surface area contributed by atoms with E-state index in [1.165, 1.54) is 12.8 Å². The minimum Gasteiger partial charge on any atom is -0.0802 e. The normalized spacial score (nSPS) is 33.2. The molecule has 0 amide bonds. The number of hydrogen-bond acceptors (Lipinski definition) is 0. The number of rotatable bonds is 0. The lowest BCUT2D eigenvalue weighted by molar-refractivity contribution is 0.294. The third-order valence-electron chi connectivity index (χ3n) is 3.38. The second kappa shape index (κ2) is 2.00. The van der Waals surface area contributed by atoms with E-state index in [0.29, 0.717) is 5.41 Å². The molecule has 0 fully saturated rings. The van der Waals surface area contributed by atoms with Crippen LogP contribution in [0.5, 0.6) is 0 Å². The Morgan fingerprint density at radius 2 is 2.18 bits per heavy atom. The van der Waals surface area contributed by atoms with Crippen LogP contribution in [0.25, 0.3) is 0 Å². The minimum atomic E-state index is 0.523. The molecule has 2 aliphatic carbocycles. The summed E-state index contributed by atoms with van der Waals surface area (Å²) in [5.74, 6) is 0.774. The molecule has 0 unspecified atom stereocenters. The van der Waals surface area contributed by atoms with Crippen LogP contribution in [0.1, 0.15) is 33.6 Å². The van der Waals surface area contributed by atoms with Gasteiger partial charge in [0.2, 0.25) is 0 Å². The lowest BCUT2D eigenvalue weighted by atomic mass is 9.79. The van der Waals surface area contributed by atoms with E-state index >= 15 is 0 Å². The molecule has 0 aromatic heterocycles. The third kappa shape index (κ3) is 0.885. The highest BCUT2D eigenvalue weighted by Crippen LogP contribution is 2.49. The van der Waals surface area contributed by atoms with E-state index in [2.05, 4.69) is 32.9 Å². The highest BCUT2D eigenvalue weighted by molar-refractivity contribution is 5.41. The fraction of sp³-hybridized carbons (Fsp3) is 0.636. The molecule has 0 heteroatoms. The maximum absolute atomic E-state index is 2.38. The molecular weight excluding hydrogens is 132 g/mol. The Labute approximate surface area is 69.0 Å². The summed E-state index contributed by atoms with van der Waals surface area (Å²) < 4.78 is 0. The van der Waals surface area contributed by atoms with Crippen molar-refractivity contribution in [2.75, 3.05) is 0 Å². The zero-order valence-electron chi connectivity index (χ0n) is 7.65. The van der Waals surface area contributed by atoms with Gasteiger partial charge >= 0.3 is 0 Å². The van der Waals surface area contributed by atoms with Crippen LogP contribution in [0.15, 0.2) is 23.3 Å². The Hall–Kier alpha value is -0.520. The molecule has 0 saturated carbocycles. The fourth-order valence-corrected chi connectivity index (χ4v) is 2.31. The van der Waals surface area contributed by atoms with E-state index in [1.54, 1.807) is 11.1 Å². The maximum atomic E-state index is 2.38. The minimum absolute atomic E-state index is 0.523. The highest BCUT2D eigenvalue weighted by atomic mass is 14.4. The molecule has 0 aromatic carbocycles. The van der Waals surface area contributed by atoms with Crippen molar-refractivity contribution in [3.8, 4) is 0 Å². The van der Waals surface area contributed by atoms with Crippen molar-refractivity contribution in [3.05, 3.63) is 23.3 Å². The summed E-state index contributed by atoms with van der Waals surface area (Å²) in [5, 5.41) is 0. The molecule has 0 spiro atoms. The van der Waals surface area contributed by atoms with Gasteiger partial charge in [-0.05, 0) is 29.7 Å². The summed E-state index contributed by atoms with van der Waals surface area (Å²) in [7, 11) is 0. The summed E-state index contributed by atoms with van der Waals surface area (Å²) in [5.41, 5.74) is 3.85. The van der Waals surface area contributed by atoms with Crippen molar-refractivity contribution in [1.29, 1.82) is 0 Å². The van der Waals surface area contributed by atoms with Crippen LogP contribution in [0.4, 0.5) is 0 Å². The Bertz CT molecular complexity index is 241. The standard InChI is InChI=1S/C11H16/c1-8-10-6-4-5-9(10)7-11(8,2)3/h4,6,8H,5,7H2,1-3H3/t8-/m0/s1. The van der Waals surface area contributed by atoms with Gasteiger partial charge in [0.15, 0.2) is 0 Å². The lowest BCUT2D eigenvalue weighted by Crippen LogP contribution is -2.16. The number of allylic oxidation sites excluding steroid dienone is 4. The maximum Gasteiger partial charge on any atom is -0.0129 e. The molecule has 0 N–H and O–H groups in total. The second-order valence-electron chi connectivity index (χ2n) is 4.55. The Kier molecular flexibility index (Phi) is 1.30. The van der Waals surface area contributed by atoms with Crippen LogP contribution in [0, 0.1) is 11.3 Å². The highest BCUT2D eigenvalue weighted by Gasteiger charge is 2.37. The van der Waals surface area contributed by atoms with Crippen molar-refractivity contribution in [1.82, 2.24) is 0 Å². The topological polar surface area (TPSA) is 0 Å². The van der Waals surface area contributed by atoms with E-state index < -0.39 is 0 Å². The van der Waals surface area contributed by atoms with Crippen LogP contribution >= 0.6 is 0 Å². The molecule has 60 valence electrons. The van der Waals surface area contributed by atoms with Crippen molar-refractivity contribution >= 4 is 0 Å². The van der Waals surface area contributed by atoms with Gasteiger partial charge in [-0.2, -0.15) is 0 Å². The largest absolute Gasteiger partial charge is 0.0802 e. The van der Waals surface area contributed by atoms with Crippen molar-refractivity contribution in [2.24, 2.45) is 11.3 Å². The quantitative estimate of drug-likeness (QED) is 0.494. The van der Waals surface area contributed by atoms with Crippen LogP contribution in [-0.2, 0) is 0 Å². The Balaban J connectivity index is 2.33. The summed E-state index contributed by atoms with van der Waals surface area (Å²) in [4.78, 5) is 0. The first-order valence-electron chi connectivity index (χ1n) is 4.50. The van der Waals surface area contributed by atoms with Gasteiger partial charge in [-0.1, -0.05) is 38.5 Å². The van der Waals surface area contributed by atoms with Gasteiger partial charge in [-0.3, -0.25) is 0 Å². The molecule has 0 heterocycles. The predicted octanol–water partition coefficient (Wildman–Crippen LogP) is 3.31. The van der Waals surface area contributed by atoms with E-state index in [9.17, 15) is 0 Å². The second-order valence-corrected chi connectivity index (χ2v) is 4.55. The van der Waals surface area contributed by atoms with Crippen LogP contribution in [0.3, 0.4) is 0 Å². The van der Waals surface area contributed by atoms with Gasteiger partial charge in [-0.25, -0.2) is 0 Å². The lowest BCUT2D eigenvalue weighted by Gasteiger charge is -2.25. The smallest absolute Gasteiger partial charge is 0.0129 e. The molecule has 11 heavy (non-hydrogen) atoms. The summed E-state index contributed by atoms with van der Waals surface area (Å²) in [6.07, 6.45) is 7.17. The molecule has 0 bridgehead atoms. The third-order valence-corrected chi connectivity index (χ3v) is 3.38.